The van der Waals surface area contributed by atoms with Crippen LogP contribution in [0, 0.1) is 11.3 Å². The minimum absolute atomic E-state index is 0.536. The molecule has 2 rings (SSSR count). The average molecular weight is 233 g/mol. The van der Waals surface area contributed by atoms with Crippen LogP contribution in [0.2, 0.25) is 0 Å². The summed E-state index contributed by atoms with van der Waals surface area (Å²) in [5.74, 6) is 0. The number of nitrogens with zero attached hydrogens (tertiary/aromatic N) is 3. The normalized spacial score (nSPS) is 25.2. The van der Waals surface area contributed by atoms with Gasteiger partial charge in [0.15, 0.2) is 5.69 Å². The summed E-state index contributed by atoms with van der Waals surface area (Å²) in [5.41, 5.74) is 1.51. The van der Waals surface area contributed by atoms with Gasteiger partial charge in [-0.25, -0.2) is 4.98 Å². The summed E-state index contributed by atoms with van der Waals surface area (Å²) in [5, 5.41) is 10.3. The lowest BCUT2D eigenvalue weighted by molar-refractivity contribution is 0.726. The lowest BCUT2D eigenvalue weighted by Crippen LogP contribution is -2.40. The highest BCUT2D eigenvalue weighted by molar-refractivity contribution is 8.00. The van der Waals surface area contributed by atoms with Crippen molar-refractivity contribution in [1.82, 2.24) is 4.98 Å². The standard InChI is InChI=1S/C12H15N3S/c1-9-7-15(8-10(2)16-9)12-4-3-5-14-11(12)6-13/h3-5,9-10H,7-8H2,1-2H3. The minimum atomic E-state index is 0.536. The van der Waals surface area contributed by atoms with E-state index in [1.807, 2.05) is 23.9 Å². The van der Waals surface area contributed by atoms with Gasteiger partial charge in [-0.05, 0) is 12.1 Å². The van der Waals surface area contributed by atoms with Gasteiger partial charge in [-0.3, -0.25) is 0 Å². The second-order valence-electron chi connectivity index (χ2n) is 4.15. The molecule has 1 aliphatic heterocycles. The molecule has 2 unspecified atom stereocenters. The molecule has 0 bridgehead atoms. The number of pyridine rings is 1. The Labute approximate surface area is 100 Å². The smallest absolute Gasteiger partial charge is 0.163 e. The lowest BCUT2D eigenvalue weighted by Gasteiger charge is -2.36. The van der Waals surface area contributed by atoms with Gasteiger partial charge in [0.05, 0.1) is 5.69 Å². The van der Waals surface area contributed by atoms with Gasteiger partial charge in [-0.2, -0.15) is 17.0 Å². The molecule has 0 N–H and O–H groups in total. The summed E-state index contributed by atoms with van der Waals surface area (Å²) in [4.78, 5) is 6.39. The quantitative estimate of drug-likeness (QED) is 0.746. The van der Waals surface area contributed by atoms with E-state index < -0.39 is 0 Å². The Morgan fingerprint density at radius 2 is 2.12 bits per heavy atom. The van der Waals surface area contributed by atoms with Crippen LogP contribution < -0.4 is 4.90 Å². The third-order valence-corrected chi connectivity index (χ3v) is 3.88. The molecule has 1 saturated heterocycles. The Balaban J connectivity index is 2.26. The zero-order valence-electron chi connectivity index (χ0n) is 9.55. The number of hydrogen-bond donors (Lipinski definition) is 0. The highest BCUT2D eigenvalue weighted by Crippen LogP contribution is 2.29. The van der Waals surface area contributed by atoms with Crippen molar-refractivity contribution < 1.29 is 0 Å². The van der Waals surface area contributed by atoms with Gasteiger partial charge in [-0.15, -0.1) is 0 Å². The monoisotopic (exact) mass is 233 g/mol. The van der Waals surface area contributed by atoms with E-state index in [1.165, 1.54) is 0 Å². The molecule has 0 aromatic carbocycles. The Morgan fingerprint density at radius 1 is 1.44 bits per heavy atom. The minimum Gasteiger partial charge on any atom is -0.367 e. The third kappa shape index (κ3) is 2.30. The van der Waals surface area contributed by atoms with Gasteiger partial charge in [0.2, 0.25) is 0 Å². The fourth-order valence-corrected chi connectivity index (χ4v) is 3.44. The summed E-state index contributed by atoms with van der Waals surface area (Å²) >= 11 is 2.01. The molecule has 2 heterocycles. The number of anilines is 1. The van der Waals surface area contributed by atoms with Crippen molar-refractivity contribution >= 4 is 17.4 Å². The van der Waals surface area contributed by atoms with Crippen LogP contribution in [0.15, 0.2) is 18.3 Å². The molecule has 4 heteroatoms. The SMILES string of the molecule is CC1CN(c2cccnc2C#N)CC(C)S1. The van der Waals surface area contributed by atoms with Crippen LogP contribution in [0.3, 0.4) is 0 Å². The molecule has 3 nitrogen and oxygen atoms in total. The molecule has 84 valence electrons. The summed E-state index contributed by atoms with van der Waals surface area (Å²) in [7, 11) is 0. The molecule has 1 fully saturated rings. The highest BCUT2D eigenvalue weighted by atomic mass is 32.2. The maximum atomic E-state index is 9.04. The number of hydrogen-bond acceptors (Lipinski definition) is 4. The number of rotatable bonds is 1. The first-order chi connectivity index (χ1) is 7.70. The van der Waals surface area contributed by atoms with Crippen LogP contribution >= 0.6 is 11.8 Å². The van der Waals surface area contributed by atoms with Gasteiger partial charge in [-0.1, -0.05) is 13.8 Å². The predicted molar refractivity (Wildman–Crippen MR) is 67.7 cm³/mol. The first-order valence-corrected chi connectivity index (χ1v) is 6.40. The maximum Gasteiger partial charge on any atom is 0.163 e. The van der Waals surface area contributed by atoms with E-state index >= 15 is 0 Å². The van der Waals surface area contributed by atoms with E-state index in [2.05, 4.69) is 29.8 Å². The lowest BCUT2D eigenvalue weighted by atomic mass is 10.2. The molecule has 0 spiro atoms. The second kappa shape index (κ2) is 4.75. The number of thioether (sulfide) groups is 1. The summed E-state index contributed by atoms with van der Waals surface area (Å²) in [6.07, 6.45) is 1.67. The summed E-state index contributed by atoms with van der Waals surface area (Å²) < 4.78 is 0. The van der Waals surface area contributed by atoms with Crippen LogP contribution in [-0.2, 0) is 0 Å². The Hall–Kier alpha value is -1.21. The maximum absolute atomic E-state index is 9.04. The van der Waals surface area contributed by atoms with Crippen molar-refractivity contribution in [2.45, 2.75) is 24.3 Å². The summed E-state index contributed by atoms with van der Waals surface area (Å²) in [6.45, 7) is 6.45. The fourth-order valence-electron chi connectivity index (χ4n) is 2.11. The predicted octanol–water partition coefficient (Wildman–Crippen LogP) is 2.28. The summed E-state index contributed by atoms with van der Waals surface area (Å²) in [6, 6.07) is 6.05. The van der Waals surface area contributed by atoms with Crippen molar-refractivity contribution in [2.24, 2.45) is 0 Å². The van der Waals surface area contributed by atoms with Crippen molar-refractivity contribution in [3.63, 3.8) is 0 Å². The Bertz CT molecular complexity index is 403. The van der Waals surface area contributed by atoms with E-state index in [9.17, 15) is 0 Å². The molecule has 2 atom stereocenters. The number of nitriles is 1. The third-order valence-electron chi connectivity index (χ3n) is 2.65. The molecule has 1 aliphatic rings. The van der Waals surface area contributed by atoms with E-state index in [-0.39, 0.29) is 0 Å². The zero-order valence-corrected chi connectivity index (χ0v) is 10.4. The molecule has 16 heavy (non-hydrogen) atoms. The van der Waals surface area contributed by atoms with Crippen molar-refractivity contribution in [3.8, 4) is 6.07 Å². The molecular weight excluding hydrogens is 218 g/mol. The average Bonchev–Trinajstić information content (AvgIpc) is 2.27. The van der Waals surface area contributed by atoms with Gasteiger partial charge < -0.3 is 4.90 Å². The van der Waals surface area contributed by atoms with Crippen LogP contribution in [0.4, 0.5) is 5.69 Å². The van der Waals surface area contributed by atoms with Gasteiger partial charge in [0.25, 0.3) is 0 Å². The first-order valence-electron chi connectivity index (χ1n) is 5.46. The molecule has 0 saturated carbocycles. The topological polar surface area (TPSA) is 39.9 Å². The van der Waals surface area contributed by atoms with Crippen molar-refractivity contribution in [1.29, 1.82) is 5.26 Å². The van der Waals surface area contributed by atoms with Gasteiger partial charge >= 0.3 is 0 Å². The Kier molecular flexibility index (Phi) is 3.35. The Morgan fingerprint density at radius 3 is 2.75 bits per heavy atom. The molecule has 0 amide bonds. The molecule has 1 aromatic heterocycles. The van der Waals surface area contributed by atoms with E-state index in [0.717, 1.165) is 18.8 Å². The zero-order chi connectivity index (χ0) is 11.5. The van der Waals surface area contributed by atoms with E-state index in [4.69, 9.17) is 5.26 Å². The fraction of sp³-hybridized carbons (Fsp3) is 0.500. The van der Waals surface area contributed by atoms with E-state index in [0.29, 0.717) is 16.2 Å². The number of aromatic nitrogens is 1. The van der Waals surface area contributed by atoms with E-state index in [1.54, 1.807) is 6.20 Å². The molecule has 0 aliphatic carbocycles. The van der Waals surface area contributed by atoms with Crippen LogP contribution in [0.1, 0.15) is 19.5 Å². The van der Waals surface area contributed by atoms with Gasteiger partial charge in [0.1, 0.15) is 6.07 Å². The van der Waals surface area contributed by atoms with Crippen molar-refractivity contribution in [3.05, 3.63) is 24.0 Å². The van der Waals surface area contributed by atoms with Gasteiger partial charge in [0, 0.05) is 29.8 Å². The largest absolute Gasteiger partial charge is 0.367 e. The molecule has 1 aromatic rings. The van der Waals surface area contributed by atoms with Crippen LogP contribution in [0.5, 0.6) is 0 Å². The highest BCUT2D eigenvalue weighted by Gasteiger charge is 2.24. The second-order valence-corrected chi connectivity index (χ2v) is 6.03. The van der Waals surface area contributed by atoms with Crippen LogP contribution in [0.25, 0.3) is 0 Å². The van der Waals surface area contributed by atoms with Crippen molar-refractivity contribution in [2.75, 3.05) is 18.0 Å². The molecular formula is C12H15N3S. The first kappa shape index (κ1) is 11.3. The van der Waals surface area contributed by atoms with Crippen LogP contribution in [-0.4, -0.2) is 28.6 Å². The molecule has 0 radical (unpaired) electrons.